The Hall–Kier alpha value is -2.24. The number of rotatable bonds is 5. The van der Waals surface area contributed by atoms with Crippen molar-refractivity contribution in [2.45, 2.75) is 6.42 Å². The van der Waals surface area contributed by atoms with Gasteiger partial charge in [-0.2, -0.15) is 0 Å². The monoisotopic (exact) mass is 250 g/mol. The van der Waals surface area contributed by atoms with Gasteiger partial charge in [0.15, 0.2) is 0 Å². The highest BCUT2D eigenvalue weighted by atomic mass is 16.2. The standard InChI is InChI=1S/C12H18N4O2/c1-16(2)10(17)6-7-15-11-8(12(14)18)4-3-5-9(11)13/h3-5,15H,6-7,13H2,1-2H3,(H2,14,18). The number of nitrogen functional groups attached to an aromatic ring is 1. The van der Waals surface area contributed by atoms with Crippen molar-refractivity contribution in [2.75, 3.05) is 31.7 Å². The summed E-state index contributed by atoms with van der Waals surface area (Å²) in [5, 5.41) is 2.98. The Morgan fingerprint density at radius 2 is 2.00 bits per heavy atom. The van der Waals surface area contributed by atoms with Gasteiger partial charge in [0.25, 0.3) is 5.91 Å². The number of primary amides is 1. The Bertz CT molecular complexity index is 457. The average Bonchev–Trinajstić information content (AvgIpc) is 2.30. The van der Waals surface area contributed by atoms with Gasteiger partial charge in [-0.1, -0.05) is 6.07 Å². The van der Waals surface area contributed by atoms with Gasteiger partial charge < -0.3 is 21.7 Å². The fourth-order valence-electron chi connectivity index (χ4n) is 1.49. The number of carbonyl (C=O) groups is 2. The first-order valence-corrected chi connectivity index (χ1v) is 5.55. The molecule has 98 valence electrons. The summed E-state index contributed by atoms with van der Waals surface area (Å²) in [5.41, 5.74) is 12.3. The van der Waals surface area contributed by atoms with E-state index < -0.39 is 5.91 Å². The first kappa shape index (κ1) is 13.8. The van der Waals surface area contributed by atoms with Crippen LogP contribution in [-0.2, 0) is 4.79 Å². The van der Waals surface area contributed by atoms with Crippen molar-refractivity contribution in [1.29, 1.82) is 0 Å². The topological polar surface area (TPSA) is 101 Å². The van der Waals surface area contributed by atoms with Gasteiger partial charge in [0.2, 0.25) is 5.91 Å². The second-order valence-corrected chi connectivity index (χ2v) is 4.10. The molecule has 0 bridgehead atoms. The molecule has 0 radical (unpaired) electrons. The summed E-state index contributed by atoms with van der Waals surface area (Å²) in [7, 11) is 3.38. The number of anilines is 2. The minimum atomic E-state index is -0.552. The molecule has 0 aliphatic rings. The van der Waals surface area contributed by atoms with Crippen molar-refractivity contribution in [3.63, 3.8) is 0 Å². The molecule has 1 aromatic carbocycles. The van der Waals surface area contributed by atoms with Crippen molar-refractivity contribution >= 4 is 23.2 Å². The van der Waals surface area contributed by atoms with Crippen molar-refractivity contribution < 1.29 is 9.59 Å². The van der Waals surface area contributed by atoms with Crippen LogP contribution in [0.5, 0.6) is 0 Å². The van der Waals surface area contributed by atoms with Crippen LogP contribution in [0.1, 0.15) is 16.8 Å². The predicted octanol–water partition coefficient (Wildman–Crippen LogP) is 0.258. The summed E-state index contributed by atoms with van der Waals surface area (Å²) in [4.78, 5) is 24.1. The quantitative estimate of drug-likeness (QED) is 0.652. The fourth-order valence-corrected chi connectivity index (χ4v) is 1.49. The van der Waals surface area contributed by atoms with Gasteiger partial charge in [0, 0.05) is 27.1 Å². The van der Waals surface area contributed by atoms with Crippen molar-refractivity contribution in [3.8, 4) is 0 Å². The van der Waals surface area contributed by atoms with Gasteiger partial charge in [-0.25, -0.2) is 0 Å². The minimum absolute atomic E-state index is 0.00220. The number of carbonyl (C=O) groups excluding carboxylic acids is 2. The number of benzene rings is 1. The lowest BCUT2D eigenvalue weighted by Gasteiger charge is -2.14. The highest BCUT2D eigenvalue weighted by molar-refractivity contribution is 6.01. The van der Waals surface area contributed by atoms with Crippen LogP contribution in [0.3, 0.4) is 0 Å². The first-order valence-electron chi connectivity index (χ1n) is 5.55. The van der Waals surface area contributed by atoms with Gasteiger partial charge in [0.05, 0.1) is 16.9 Å². The van der Waals surface area contributed by atoms with Crippen LogP contribution in [0.15, 0.2) is 18.2 Å². The van der Waals surface area contributed by atoms with Crippen molar-refractivity contribution in [2.24, 2.45) is 5.73 Å². The molecule has 0 unspecified atom stereocenters. The first-order chi connectivity index (χ1) is 8.43. The van der Waals surface area contributed by atoms with Crippen LogP contribution in [-0.4, -0.2) is 37.4 Å². The smallest absolute Gasteiger partial charge is 0.250 e. The van der Waals surface area contributed by atoms with Gasteiger partial charge in [-0.3, -0.25) is 9.59 Å². The number of para-hydroxylation sites is 1. The molecule has 6 heteroatoms. The molecule has 2 amide bonds. The third-order valence-electron chi connectivity index (χ3n) is 2.50. The molecule has 0 heterocycles. The van der Waals surface area contributed by atoms with Gasteiger partial charge in [-0.05, 0) is 12.1 Å². The molecule has 6 nitrogen and oxygen atoms in total. The maximum atomic E-state index is 11.4. The molecule has 0 aliphatic heterocycles. The molecule has 5 N–H and O–H groups in total. The third kappa shape index (κ3) is 3.38. The summed E-state index contributed by atoms with van der Waals surface area (Å²) in [6.07, 6.45) is 0.319. The van der Waals surface area contributed by atoms with Crippen molar-refractivity contribution in [1.82, 2.24) is 4.90 Å². The lowest BCUT2D eigenvalue weighted by molar-refractivity contribution is -0.128. The van der Waals surface area contributed by atoms with Crippen LogP contribution in [0, 0.1) is 0 Å². The fraction of sp³-hybridized carbons (Fsp3) is 0.333. The van der Waals surface area contributed by atoms with E-state index in [0.29, 0.717) is 29.9 Å². The Kier molecular flexibility index (Phi) is 4.53. The van der Waals surface area contributed by atoms with Gasteiger partial charge in [0.1, 0.15) is 0 Å². The lowest BCUT2D eigenvalue weighted by Crippen LogP contribution is -2.24. The van der Waals surface area contributed by atoms with E-state index in [-0.39, 0.29) is 5.91 Å². The number of hydrogen-bond acceptors (Lipinski definition) is 4. The zero-order chi connectivity index (χ0) is 13.7. The Morgan fingerprint density at radius 1 is 1.33 bits per heavy atom. The third-order valence-corrected chi connectivity index (χ3v) is 2.50. The molecular weight excluding hydrogens is 232 g/mol. The number of hydrogen-bond donors (Lipinski definition) is 3. The van der Waals surface area contributed by atoms with Gasteiger partial charge >= 0.3 is 0 Å². The molecular formula is C12H18N4O2. The molecule has 0 aliphatic carbocycles. The van der Waals surface area contributed by atoms with Crippen LogP contribution < -0.4 is 16.8 Å². The minimum Gasteiger partial charge on any atom is -0.397 e. The average molecular weight is 250 g/mol. The maximum absolute atomic E-state index is 11.4. The summed E-state index contributed by atoms with van der Waals surface area (Å²) in [6.45, 7) is 0.394. The number of nitrogens with one attached hydrogen (secondary N) is 1. The summed E-state index contributed by atoms with van der Waals surface area (Å²) in [6, 6.07) is 4.92. The highest BCUT2D eigenvalue weighted by Gasteiger charge is 2.11. The SMILES string of the molecule is CN(C)C(=O)CCNc1c(N)cccc1C(N)=O. The Balaban J connectivity index is 2.73. The Labute approximate surface area is 106 Å². The van der Waals surface area contributed by atoms with Crippen LogP contribution in [0.4, 0.5) is 11.4 Å². The maximum Gasteiger partial charge on any atom is 0.250 e. The summed E-state index contributed by atoms with van der Waals surface area (Å²) < 4.78 is 0. The zero-order valence-corrected chi connectivity index (χ0v) is 10.6. The predicted molar refractivity (Wildman–Crippen MR) is 71.2 cm³/mol. The lowest BCUT2D eigenvalue weighted by atomic mass is 10.1. The summed E-state index contributed by atoms with van der Waals surface area (Å²) in [5.74, 6) is -0.554. The highest BCUT2D eigenvalue weighted by Crippen LogP contribution is 2.22. The van der Waals surface area contributed by atoms with E-state index in [2.05, 4.69) is 5.32 Å². The molecule has 1 aromatic rings. The van der Waals surface area contributed by atoms with Gasteiger partial charge in [-0.15, -0.1) is 0 Å². The second kappa shape index (κ2) is 5.90. The van der Waals surface area contributed by atoms with E-state index in [4.69, 9.17) is 11.5 Å². The number of amides is 2. The van der Waals surface area contributed by atoms with E-state index in [1.807, 2.05) is 0 Å². The molecule has 0 spiro atoms. The van der Waals surface area contributed by atoms with E-state index >= 15 is 0 Å². The molecule has 18 heavy (non-hydrogen) atoms. The van der Waals surface area contributed by atoms with E-state index in [0.717, 1.165) is 0 Å². The zero-order valence-electron chi connectivity index (χ0n) is 10.6. The second-order valence-electron chi connectivity index (χ2n) is 4.10. The van der Waals surface area contributed by atoms with E-state index in [9.17, 15) is 9.59 Å². The Morgan fingerprint density at radius 3 is 2.56 bits per heavy atom. The molecule has 0 atom stereocenters. The molecule has 1 rings (SSSR count). The molecule has 0 fully saturated rings. The molecule has 0 saturated carbocycles. The van der Waals surface area contributed by atoms with E-state index in [1.54, 1.807) is 32.3 Å². The number of nitrogens with zero attached hydrogens (tertiary/aromatic N) is 1. The summed E-state index contributed by atoms with van der Waals surface area (Å²) >= 11 is 0. The van der Waals surface area contributed by atoms with Crippen LogP contribution in [0.2, 0.25) is 0 Å². The number of nitrogens with two attached hydrogens (primary N) is 2. The van der Waals surface area contributed by atoms with Crippen LogP contribution in [0.25, 0.3) is 0 Å². The largest absolute Gasteiger partial charge is 0.397 e. The molecule has 0 aromatic heterocycles. The van der Waals surface area contributed by atoms with Crippen LogP contribution >= 0.6 is 0 Å². The van der Waals surface area contributed by atoms with Crippen molar-refractivity contribution in [3.05, 3.63) is 23.8 Å². The molecule has 0 saturated heterocycles. The van der Waals surface area contributed by atoms with E-state index in [1.165, 1.54) is 4.90 Å². The normalized spacial score (nSPS) is 9.89.